The van der Waals surface area contributed by atoms with Crippen LogP contribution in [0, 0.1) is 0 Å². The van der Waals surface area contributed by atoms with Gasteiger partial charge in [-0.15, -0.1) is 0 Å². The predicted octanol–water partition coefficient (Wildman–Crippen LogP) is 0.813. The van der Waals surface area contributed by atoms with E-state index in [9.17, 15) is 9.59 Å². The maximum atomic E-state index is 10.5. The fourth-order valence-electron chi connectivity index (χ4n) is 0.220. The molecule has 0 N–H and O–H groups in total. The Labute approximate surface area is 96.8 Å². The summed E-state index contributed by atoms with van der Waals surface area (Å²) in [4.78, 5) is 20.8. The number of carbonyl (C=O) groups excluding carboxylic acids is 2. The number of esters is 2. The van der Waals surface area contributed by atoms with Crippen LogP contribution in [-0.4, -0.2) is 11.9 Å². The Morgan fingerprint density at radius 2 is 1.75 bits per heavy atom. The third-order valence-electron chi connectivity index (χ3n) is 0.708. The molecule has 0 aromatic rings. The summed E-state index contributed by atoms with van der Waals surface area (Å²) in [5.41, 5.74) is 0.190. The van der Waals surface area contributed by atoms with Gasteiger partial charge in [-0.2, -0.15) is 0 Å². The summed E-state index contributed by atoms with van der Waals surface area (Å²) in [6, 6.07) is 0. The smallest absolute Gasteiger partial charge is 0.340 e. The van der Waals surface area contributed by atoms with E-state index >= 15 is 0 Å². The van der Waals surface area contributed by atoms with Crippen molar-refractivity contribution in [2.75, 3.05) is 0 Å². The Kier molecular flexibility index (Phi) is 13.3. The zero-order valence-electron chi connectivity index (χ0n) is 7.13. The zero-order valence-corrected chi connectivity index (χ0v) is 13.1. The van der Waals surface area contributed by atoms with Crippen molar-refractivity contribution < 1.29 is 53.3 Å². The molecule has 0 unspecified atom stereocenters. The van der Waals surface area contributed by atoms with Crippen LogP contribution in [0.25, 0.3) is 0 Å². The number of carbonyl (C=O) groups is 2. The molecule has 0 amide bonds. The largest absolute Gasteiger partial charge is 0.386 e. The quantitative estimate of drug-likeness (QED) is 0.323. The molecule has 0 saturated heterocycles. The Hall–Kier alpha value is -0.133. The van der Waals surface area contributed by atoms with Gasteiger partial charge in [0.2, 0.25) is 0 Å². The SMILES string of the molecule is C=CC(=O)OC(=O)C(=C)C.[Zn].[Zn]. The first kappa shape index (κ1) is 17.8. The maximum Gasteiger partial charge on any atom is 0.340 e. The molecule has 5 heteroatoms. The van der Waals surface area contributed by atoms with Crippen LogP contribution in [0.15, 0.2) is 24.8 Å². The molecule has 12 heavy (non-hydrogen) atoms. The summed E-state index contributed by atoms with van der Waals surface area (Å²) in [6.45, 7) is 7.85. The molecule has 0 fully saturated rings. The molecule has 0 saturated carbocycles. The van der Waals surface area contributed by atoms with Crippen LogP contribution >= 0.6 is 0 Å². The molecule has 3 nitrogen and oxygen atoms in total. The first-order valence-corrected chi connectivity index (χ1v) is 2.62. The second-order valence-corrected chi connectivity index (χ2v) is 1.69. The zero-order chi connectivity index (χ0) is 8.15. The Bertz CT molecular complexity index is 199. The molecule has 0 aliphatic rings. The maximum absolute atomic E-state index is 10.5. The number of hydrogen-bond donors (Lipinski definition) is 0. The van der Waals surface area contributed by atoms with Gasteiger partial charge in [0.15, 0.2) is 0 Å². The van der Waals surface area contributed by atoms with Crippen LogP contribution in [0.3, 0.4) is 0 Å². The third kappa shape index (κ3) is 7.97. The fourth-order valence-corrected chi connectivity index (χ4v) is 0.220. The van der Waals surface area contributed by atoms with Crippen molar-refractivity contribution in [3.8, 4) is 0 Å². The van der Waals surface area contributed by atoms with Crippen molar-refractivity contribution in [1.82, 2.24) is 0 Å². The van der Waals surface area contributed by atoms with Gasteiger partial charge in [0, 0.05) is 50.6 Å². The molecule has 0 aliphatic heterocycles. The van der Waals surface area contributed by atoms with Gasteiger partial charge in [-0.3, -0.25) is 0 Å². The number of rotatable bonds is 2. The monoisotopic (exact) mass is 268 g/mol. The van der Waals surface area contributed by atoms with E-state index in [1.165, 1.54) is 6.92 Å². The third-order valence-corrected chi connectivity index (χ3v) is 0.708. The fraction of sp³-hybridized carbons (Fsp3) is 0.143. The van der Waals surface area contributed by atoms with Gasteiger partial charge in [-0.1, -0.05) is 13.2 Å². The van der Waals surface area contributed by atoms with Crippen LogP contribution < -0.4 is 0 Å². The molecule has 58 valence electrons. The molecule has 0 aromatic carbocycles. The van der Waals surface area contributed by atoms with E-state index in [1.807, 2.05) is 0 Å². The topological polar surface area (TPSA) is 43.4 Å². The Morgan fingerprint density at radius 3 is 2.00 bits per heavy atom. The molecule has 0 rings (SSSR count). The molecular formula is C7H8O3Zn2. The summed E-state index contributed by atoms with van der Waals surface area (Å²) in [5, 5.41) is 0. The average molecular weight is 271 g/mol. The van der Waals surface area contributed by atoms with Gasteiger partial charge in [-0.05, 0) is 6.92 Å². The second-order valence-electron chi connectivity index (χ2n) is 1.69. The molecule has 0 atom stereocenters. The van der Waals surface area contributed by atoms with Gasteiger partial charge in [0.05, 0.1) is 0 Å². The van der Waals surface area contributed by atoms with E-state index in [4.69, 9.17) is 0 Å². The van der Waals surface area contributed by atoms with E-state index in [1.54, 1.807) is 0 Å². The van der Waals surface area contributed by atoms with Crippen LogP contribution in [0.2, 0.25) is 0 Å². The van der Waals surface area contributed by atoms with Gasteiger partial charge in [0.1, 0.15) is 0 Å². The van der Waals surface area contributed by atoms with Crippen molar-refractivity contribution in [3.63, 3.8) is 0 Å². The molecule has 0 aliphatic carbocycles. The minimum absolute atomic E-state index is 0. The second kappa shape index (κ2) is 8.96. The van der Waals surface area contributed by atoms with Crippen LogP contribution in [-0.2, 0) is 53.3 Å². The standard InChI is InChI=1S/C7H8O3.2Zn/c1-4-6(8)10-7(9)5(2)3;;/h4H,1-2H2,3H3;;. The van der Waals surface area contributed by atoms with Crippen molar-refractivity contribution in [2.45, 2.75) is 6.92 Å². The first-order chi connectivity index (χ1) is 4.57. The molecule has 0 heterocycles. The normalized spacial score (nSPS) is 6.75. The Morgan fingerprint density at radius 1 is 1.33 bits per heavy atom. The summed E-state index contributed by atoms with van der Waals surface area (Å²) >= 11 is 0. The minimum atomic E-state index is -0.756. The van der Waals surface area contributed by atoms with E-state index < -0.39 is 11.9 Å². The molecule has 0 radical (unpaired) electrons. The summed E-state index contributed by atoms with van der Waals surface area (Å²) in [7, 11) is 0. The minimum Gasteiger partial charge on any atom is -0.386 e. The molecule has 0 bridgehead atoms. The van der Waals surface area contributed by atoms with E-state index in [0.717, 1.165) is 6.08 Å². The van der Waals surface area contributed by atoms with Gasteiger partial charge < -0.3 is 4.74 Å². The van der Waals surface area contributed by atoms with Crippen LogP contribution in [0.5, 0.6) is 0 Å². The molecule has 0 spiro atoms. The number of hydrogen-bond acceptors (Lipinski definition) is 3. The first-order valence-electron chi connectivity index (χ1n) is 2.62. The number of ether oxygens (including phenoxy) is 1. The molecular weight excluding hydrogens is 263 g/mol. The Balaban J connectivity index is -0.000000405. The van der Waals surface area contributed by atoms with Gasteiger partial charge >= 0.3 is 11.9 Å². The molecule has 0 aromatic heterocycles. The van der Waals surface area contributed by atoms with E-state index in [-0.39, 0.29) is 44.5 Å². The van der Waals surface area contributed by atoms with Gasteiger partial charge in [0.25, 0.3) is 0 Å². The van der Waals surface area contributed by atoms with Crippen molar-refractivity contribution in [1.29, 1.82) is 0 Å². The van der Waals surface area contributed by atoms with Crippen molar-refractivity contribution in [2.24, 2.45) is 0 Å². The van der Waals surface area contributed by atoms with Crippen LogP contribution in [0.4, 0.5) is 0 Å². The van der Waals surface area contributed by atoms with Crippen LogP contribution in [0.1, 0.15) is 6.92 Å². The summed E-state index contributed by atoms with van der Waals surface area (Å²) in [5.74, 6) is -1.47. The van der Waals surface area contributed by atoms with Gasteiger partial charge in [-0.25, -0.2) is 9.59 Å². The van der Waals surface area contributed by atoms with E-state index in [2.05, 4.69) is 17.9 Å². The van der Waals surface area contributed by atoms with Crippen molar-refractivity contribution >= 4 is 11.9 Å². The summed E-state index contributed by atoms with van der Waals surface area (Å²) < 4.78 is 4.17. The summed E-state index contributed by atoms with van der Waals surface area (Å²) in [6.07, 6.45) is 0.918. The predicted molar refractivity (Wildman–Crippen MR) is 36.1 cm³/mol. The average Bonchev–Trinajstić information content (AvgIpc) is 1.87. The van der Waals surface area contributed by atoms with Crippen molar-refractivity contribution in [3.05, 3.63) is 24.8 Å². The van der Waals surface area contributed by atoms with E-state index in [0.29, 0.717) is 0 Å².